The number of rotatable bonds is 8. The highest BCUT2D eigenvalue weighted by atomic mass is 15.2. The van der Waals surface area contributed by atoms with Gasteiger partial charge in [-0.05, 0) is 69.6 Å². The van der Waals surface area contributed by atoms with Gasteiger partial charge in [0.1, 0.15) is 5.69 Å². The molecule has 4 heteroatoms. The molecule has 61 heavy (non-hydrogen) atoms. The van der Waals surface area contributed by atoms with Crippen molar-refractivity contribution in [2.24, 2.45) is 0 Å². The van der Waals surface area contributed by atoms with Crippen LogP contribution in [0.2, 0.25) is 0 Å². The van der Waals surface area contributed by atoms with E-state index in [2.05, 4.69) is 229 Å². The fourth-order valence-corrected chi connectivity index (χ4v) is 8.42. The third kappa shape index (κ3) is 6.86. The molecule has 4 nitrogen and oxygen atoms in total. The first-order valence-corrected chi connectivity index (χ1v) is 20.6. The van der Waals surface area contributed by atoms with Gasteiger partial charge in [0.05, 0.1) is 22.6 Å². The van der Waals surface area contributed by atoms with Crippen LogP contribution in [0.25, 0.3) is 106 Å². The highest BCUT2D eigenvalue weighted by molar-refractivity contribution is 6.09. The van der Waals surface area contributed by atoms with E-state index in [0.29, 0.717) is 5.82 Å². The number of pyridine rings is 1. The predicted octanol–water partition coefficient (Wildman–Crippen LogP) is 14.6. The smallest absolute Gasteiger partial charge is 0.160 e. The van der Waals surface area contributed by atoms with Gasteiger partial charge >= 0.3 is 0 Å². The zero-order chi connectivity index (χ0) is 40.5. The van der Waals surface area contributed by atoms with E-state index in [9.17, 15) is 0 Å². The number of hydrogen-bond donors (Lipinski definition) is 0. The van der Waals surface area contributed by atoms with Crippen molar-refractivity contribution in [3.05, 3.63) is 231 Å². The van der Waals surface area contributed by atoms with E-state index in [-0.39, 0.29) is 0 Å². The fraction of sp³-hybridized carbons (Fsp3) is 0. The molecule has 0 aliphatic rings. The highest BCUT2D eigenvalue weighted by Crippen LogP contribution is 2.42. The second-order valence-corrected chi connectivity index (χ2v) is 15.3. The monoisotopic (exact) mass is 778 g/mol. The van der Waals surface area contributed by atoms with E-state index < -0.39 is 0 Å². The Kier molecular flexibility index (Phi) is 9.14. The molecule has 0 aliphatic heterocycles. The summed E-state index contributed by atoms with van der Waals surface area (Å²) in [5.41, 5.74) is 16.6. The first-order valence-electron chi connectivity index (χ1n) is 20.6. The van der Waals surface area contributed by atoms with Crippen molar-refractivity contribution in [1.82, 2.24) is 19.6 Å². The molecule has 0 unspecified atom stereocenters. The van der Waals surface area contributed by atoms with Crippen molar-refractivity contribution in [2.45, 2.75) is 0 Å². The summed E-state index contributed by atoms with van der Waals surface area (Å²) < 4.78 is 2.14. The van der Waals surface area contributed by atoms with Crippen LogP contribution < -0.4 is 0 Å². The molecule has 0 saturated heterocycles. The molecular weight excluding hydrogens is 741 g/mol. The average Bonchev–Trinajstić information content (AvgIpc) is 3.76. The lowest BCUT2D eigenvalue weighted by atomic mass is 9.94. The van der Waals surface area contributed by atoms with Gasteiger partial charge < -0.3 is 0 Å². The number of benzene rings is 8. The van der Waals surface area contributed by atoms with Gasteiger partial charge in [-0.1, -0.05) is 194 Å². The van der Waals surface area contributed by atoms with E-state index in [4.69, 9.17) is 15.1 Å². The molecule has 3 heterocycles. The molecule has 0 atom stereocenters. The molecule has 11 aromatic rings. The van der Waals surface area contributed by atoms with Crippen LogP contribution in [0.1, 0.15) is 0 Å². The molecular formula is C57H38N4. The van der Waals surface area contributed by atoms with E-state index in [1.54, 1.807) is 0 Å². The molecule has 286 valence electrons. The molecule has 0 saturated carbocycles. The van der Waals surface area contributed by atoms with Gasteiger partial charge in [-0.25, -0.2) is 14.5 Å². The third-order valence-electron chi connectivity index (χ3n) is 11.4. The van der Waals surface area contributed by atoms with Crippen LogP contribution in [0.4, 0.5) is 0 Å². The predicted molar refractivity (Wildman–Crippen MR) is 252 cm³/mol. The second-order valence-electron chi connectivity index (χ2n) is 15.3. The fourth-order valence-electron chi connectivity index (χ4n) is 8.42. The van der Waals surface area contributed by atoms with Gasteiger partial charge in [-0.2, -0.15) is 5.10 Å². The van der Waals surface area contributed by atoms with E-state index in [0.717, 1.165) is 100 Å². The van der Waals surface area contributed by atoms with E-state index in [1.165, 1.54) is 0 Å². The lowest BCUT2D eigenvalue weighted by molar-refractivity contribution is 0.979. The summed E-state index contributed by atoms with van der Waals surface area (Å²) in [7, 11) is 0. The zero-order valence-corrected chi connectivity index (χ0v) is 33.2. The van der Waals surface area contributed by atoms with Gasteiger partial charge in [0.25, 0.3) is 0 Å². The standard InChI is InChI=1S/C57H38N4/c1-7-19-39(20-8-1)47-33-48(40-21-9-2-10-22-40)35-49(34-47)52-38-51(41-23-11-3-12-24-41)58-57(59-52)46-32-31-45-37-53(42-25-13-4-14-26-42)61-56(50(45)36-46)54(43-27-15-5-16-28-43)55(60-61)44-29-17-6-18-30-44/h1-38H. The van der Waals surface area contributed by atoms with Crippen molar-refractivity contribution in [3.63, 3.8) is 0 Å². The summed E-state index contributed by atoms with van der Waals surface area (Å²) in [4.78, 5) is 10.7. The number of fused-ring (bicyclic) bond motifs is 3. The average molecular weight is 779 g/mol. The van der Waals surface area contributed by atoms with Crippen molar-refractivity contribution >= 4 is 16.3 Å². The quantitative estimate of drug-likeness (QED) is 0.154. The minimum Gasteiger partial charge on any atom is -0.231 e. The number of hydrogen-bond acceptors (Lipinski definition) is 3. The van der Waals surface area contributed by atoms with Crippen LogP contribution in [-0.2, 0) is 0 Å². The molecule has 0 aliphatic carbocycles. The summed E-state index contributed by atoms with van der Waals surface area (Å²) in [6.07, 6.45) is 0. The van der Waals surface area contributed by atoms with E-state index in [1.807, 2.05) is 6.07 Å². The normalized spacial score (nSPS) is 11.3. The molecule has 11 rings (SSSR count). The molecule has 0 bridgehead atoms. The SMILES string of the molecule is c1ccc(-c2cc(-c3ccccc3)cc(-c3cc(-c4ccccc4)nc(-c4ccc5cc(-c6ccccc6)n6nc(-c7ccccc7)c(-c7ccccc7)c6c5c4)n3)c2)cc1. The summed E-state index contributed by atoms with van der Waals surface area (Å²) in [5, 5.41) is 7.62. The van der Waals surface area contributed by atoms with Crippen molar-refractivity contribution in [2.75, 3.05) is 0 Å². The molecule has 0 spiro atoms. The van der Waals surface area contributed by atoms with Crippen LogP contribution in [0.3, 0.4) is 0 Å². The number of aromatic nitrogens is 4. The molecule has 0 N–H and O–H groups in total. The molecule has 3 aromatic heterocycles. The summed E-state index contributed by atoms with van der Waals surface area (Å²) in [5.74, 6) is 0.652. The first kappa shape index (κ1) is 35.9. The lowest BCUT2D eigenvalue weighted by Crippen LogP contribution is -1.98. The van der Waals surface area contributed by atoms with Crippen molar-refractivity contribution in [3.8, 4) is 89.8 Å². The Morgan fingerprint density at radius 2 is 0.770 bits per heavy atom. The molecule has 0 amide bonds. The Morgan fingerprint density at radius 1 is 0.311 bits per heavy atom. The Labute approximate surface area is 354 Å². The van der Waals surface area contributed by atoms with Crippen LogP contribution in [-0.4, -0.2) is 19.6 Å². The van der Waals surface area contributed by atoms with Gasteiger partial charge in [-0.3, -0.25) is 0 Å². The maximum Gasteiger partial charge on any atom is 0.160 e. The maximum atomic E-state index is 5.45. The largest absolute Gasteiger partial charge is 0.231 e. The Bertz CT molecular complexity index is 3250. The van der Waals surface area contributed by atoms with Gasteiger partial charge in [0.15, 0.2) is 5.82 Å². The lowest BCUT2D eigenvalue weighted by Gasteiger charge is -2.14. The maximum absolute atomic E-state index is 5.45. The molecule has 8 aromatic carbocycles. The highest BCUT2D eigenvalue weighted by Gasteiger charge is 2.22. The Hall–Kier alpha value is -8.21. The van der Waals surface area contributed by atoms with Gasteiger partial charge in [0.2, 0.25) is 0 Å². The number of nitrogens with zero attached hydrogens (tertiary/aromatic N) is 4. The molecule has 0 fully saturated rings. The van der Waals surface area contributed by atoms with E-state index >= 15 is 0 Å². The first-order chi connectivity index (χ1) is 30.2. The molecule has 0 radical (unpaired) electrons. The summed E-state index contributed by atoms with van der Waals surface area (Å²) in [6.45, 7) is 0. The van der Waals surface area contributed by atoms with Crippen LogP contribution in [0.15, 0.2) is 231 Å². The van der Waals surface area contributed by atoms with Crippen LogP contribution in [0.5, 0.6) is 0 Å². The van der Waals surface area contributed by atoms with Crippen molar-refractivity contribution in [1.29, 1.82) is 0 Å². The second kappa shape index (κ2) is 15.5. The Balaban J connectivity index is 1.18. The van der Waals surface area contributed by atoms with Crippen LogP contribution >= 0.6 is 0 Å². The van der Waals surface area contributed by atoms with Crippen molar-refractivity contribution < 1.29 is 0 Å². The minimum absolute atomic E-state index is 0.652. The summed E-state index contributed by atoms with van der Waals surface area (Å²) in [6, 6.07) is 81.0. The summed E-state index contributed by atoms with van der Waals surface area (Å²) >= 11 is 0. The van der Waals surface area contributed by atoms with Gasteiger partial charge in [-0.15, -0.1) is 0 Å². The van der Waals surface area contributed by atoms with Gasteiger partial charge in [0, 0.05) is 38.8 Å². The topological polar surface area (TPSA) is 43.1 Å². The zero-order valence-electron chi connectivity index (χ0n) is 33.2. The van der Waals surface area contributed by atoms with Crippen LogP contribution in [0, 0.1) is 0 Å². The minimum atomic E-state index is 0.652. The Morgan fingerprint density at radius 3 is 1.33 bits per heavy atom. The third-order valence-corrected chi connectivity index (χ3v) is 11.4.